The maximum Gasteiger partial charge on any atom is 0.340 e. The number of carbonyl (C=O) groups is 1. The van der Waals surface area contributed by atoms with Crippen LogP contribution in [0, 0.1) is 5.82 Å². The number of aromatic nitrogens is 4. The first-order valence-corrected chi connectivity index (χ1v) is 8.39. The highest BCUT2D eigenvalue weighted by Crippen LogP contribution is 2.28. The van der Waals surface area contributed by atoms with Crippen molar-refractivity contribution < 1.29 is 13.9 Å². The zero-order valence-corrected chi connectivity index (χ0v) is 15.1. The van der Waals surface area contributed by atoms with Crippen molar-refractivity contribution in [3.63, 3.8) is 0 Å². The number of hydrogen-bond donors (Lipinski definition) is 2. The van der Waals surface area contributed by atoms with Gasteiger partial charge in [-0.2, -0.15) is 0 Å². The first-order chi connectivity index (χ1) is 12.9. The molecule has 4 aromatic rings. The summed E-state index contributed by atoms with van der Waals surface area (Å²) in [5, 5.41) is 0.919. The number of nitrogens with two attached hydrogens (primary N) is 1. The molecule has 3 heterocycles. The van der Waals surface area contributed by atoms with Crippen LogP contribution in [0.4, 0.5) is 4.39 Å². The standard InChI is InChI=1S/C19H18FN5O2/c1-9(21)13-5-4-10-6-15(23-17(10)22-13)18-24-14-7-11(19(26)27-3)12(20)8-16(14)25(18)2/h4-9H,21H2,1-3H3,(H,22,23)/t9-/m1/s1. The third kappa shape index (κ3) is 2.74. The molecule has 0 radical (unpaired) electrons. The van der Waals surface area contributed by atoms with Gasteiger partial charge in [0.2, 0.25) is 0 Å². The topological polar surface area (TPSA) is 98.8 Å². The Morgan fingerprint density at radius 3 is 2.78 bits per heavy atom. The second kappa shape index (κ2) is 6.17. The lowest BCUT2D eigenvalue weighted by Crippen LogP contribution is -2.06. The van der Waals surface area contributed by atoms with Crippen LogP contribution in [0.5, 0.6) is 0 Å². The Bertz CT molecular complexity index is 1190. The van der Waals surface area contributed by atoms with Crippen molar-refractivity contribution in [1.29, 1.82) is 0 Å². The predicted octanol–water partition coefficient (Wildman–Crippen LogP) is 3.06. The number of ether oxygens (including phenoxy) is 1. The molecule has 138 valence electrons. The molecule has 0 fully saturated rings. The number of carbonyl (C=O) groups excluding carboxylic acids is 1. The van der Waals surface area contributed by atoms with Gasteiger partial charge in [-0.15, -0.1) is 0 Å². The lowest BCUT2D eigenvalue weighted by Gasteiger charge is -2.03. The molecule has 1 aromatic carbocycles. The van der Waals surface area contributed by atoms with Crippen molar-refractivity contribution >= 4 is 28.0 Å². The number of methoxy groups -OCH3 is 1. The Morgan fingerprint density at radius 1 is 1.30 bits per heavy atom. The highest BCUT2D eigenvalue weighted by molar-refractivity contribution is 5.95. The molecule has 27 heavy (non-hydrogen) atoms. The fourth-order valence-electron chi connectivity index (χ4n) is 3.11. The summed E-state index contributed by atoms with van der Waals surface area (Å²) in [6.07, 6.45) is 0. The van der Waals surface area contributed by atoms with E-state index in [1.807, 2.05) is 25.1 Å². The van der Waals surface area contributed by atoms with Crippen molar-refractivity contribution in [3.8, 4) is 11.5 Å². The molecule has 1 atom stereocenters. The van der Waals surface area contributed by atoms with Crippen LogP contribution < -0.4 is 5.73 Å². The molecule has 0 aliphatic carbocycles. The number of nitrogens with one attached hydrogen (secondary N) is 1. The third-order valence-electron chi connectivity index (χ3n) is 4.58. The summed E-state index contributed by atoms with van der Waals surface area (Å²) >= 11 is 0. The summed E-state index contributed by atoms with van der Waals surface area (Å²) in [4.78, 5) is 24.0. The number of pyridine rings is 1. The molecule has 0 unspecified atom stereocenters. The number of hydrogen-bond acceptors (Lipinski definition) is 5. The van der Waals surface area contributed by atoms with Crippen molar-refractivity contribution in [3.05, 3.63) is 47.4 Å². The third-order valence-corrected chi connectivity index (χ3v) is 4.58. The van der Waals surface area contributed by atoms with E-state index < -0.39 is 11.8 Å². The zero-order valence-electron chi connectivity index (χ0n) is 15.1. The lowest BCUT2D eigenvalue weighted by molar-refractivity contribution is 0.0595. The molecule has 7 nitrogen and oxygen atoms in total. The first kappa shape index (κ1) is 17.2. The van der Waals surface area contributed by atoms with Gasteiger partial charge in [0.05, 0.1) is 35.1 Å². The van der Waals surface area contributed by atoms with Crippen LogP contribution in [0.3, 0.4) is 0 Å². The normalized spacial score (nSPS) is 12.6. The van der Waals surface area contributed by atoms with Crippen LogP contribution in [0.2, 0.25) is 0 Å². The van der Waals surface area contributed by atoms with Crippen molar-refractivity contribution in [1.82, 2.24) is 19.5 Å². The maximum atomic E-state index is 14.3. The van der Waals surface area contributed by atoms with E-state index in [0.717, 1.165) is 16.8 Å². The van der Waals surface area contributed by atoms with Crippen LogP contribution >= 0.6 is 0 Å². The molecule has 4 rings (SSSR count). The van der Waals surface area contributed by atoms with Gasteiger partial charge in [0.25, 0.3) is 0 Å². The maximum absolute atomic E-state index is 14.3. The highest BCUT2D eigenvalue weighted by Gasteiger charge is 2.19. The smallest absolute Gasteiger partial charge is 0.340 e. The number of halogens is 1. The van der Waals surface area contributed by atoms with Crippen LogP contribution in [0.1, 0.15) is 29.0 Å². The summed E-state index contributed by atoms with van der Waals surface area (Å²) in [5.41, 5.74) is 9.04. The van der Waals surface area contributed by atoms with Gasteiger partial charge < -0.3 is 20.0 Å². The van der Waals surface area contributed by atoms with Gasteiger partial charge in [0.1, 0.15) is 11.5 Å². The van der Waals surface area contributed by atoms with Crippen LogP contribution in [-0.2, 0) is 11.8 Å². The van der Waals surface area contributed by atoms with E-state index in [1.165, 1.54) is 19.2 Å². The Hall–Kier alpha value is -3.26. The molecular weight excluding hydrogens is 349 g/mol. The molecular formula is C19H18FN5O2. The highest BCUT2D eigenvalue weighted by atomic mass is 19.1. The minimum atomic E-state index is -0.736. The van der Waals surface area contributed by atoms with Gasteiger partial charge in [-0.05, 0) is 31.2 Å². The number of rotatable bonds is 3. The van der Waals surface area contributed by atoms with E-state index >= 15 is 0 Å². The molecule has 3 N–H and O–H groups in total. The summed E-state index contributed by atoms with van der Waals surface area (Å²) in [7, 11) is 3.00. The molecule has 0 aliphatic heterocycles. The van der Waals surface area contributed by atoms with Gasteiger partial charge in [-0.1, -0.05) is 0 Å². The second-order valence-electron chi connectivity index (χ2n) is 6.45. The first-order valence-electron chi connectivity index (χ1n) is 8.39. The predicted molar refractivity (Wildman–Crippen MR) is 99.7 cm³/mol. The summed E-state index contributed by atoms with van der Waals surface area (Å²) in [6.45, 7) is 1.87. The van der Waals surface area contributed by atoms with Crippen LogP contribution in [0.25, 0.3) is 33.6 Å². The van der Waals surface area contributed by atoms with Gasteiger partial charge in [0.15, 0.2) is 5.82 Å². The minimum Gasteiger partial charge on any atom is -0.465 e. The van der Waals surface area contributed by atoms with E-state index in [0.29, 0.717) is 22.5 Å². The van der Waals surface area contributed by atoms with E-state index in [4.69, 9.17) is 5.73 Å². The van der Waals surface area contributed by atoms with Crippen LogP contribution in [-0.4, -0.2) is 32.6 Å². The second-order valence-corrected chi connectivity index (χ2v) is 6.45. The number of nitrogens with zero attached hydrogens (tertiary/aromatic N) is 3. The van der Waals surface area contributed by atoms with E-state index in [2.05, 4.69) is 19.7 Å². The summed E-state index contributed by atoms with van der Waals surface area (Å²) in [5.74, 6) is -0.782. The Kier molecular flexibility index (Phi) is 3.92. The average molecular weight is 367 g/mol. The summed E-state index contributed by atoms with van der Waals surface area (Å²) < 4.78 is 20.6. The van der Waals surface area contributed by atoms with Gasteiger partial charge in [-0.25, -0.2) is 19.2 Å². The molecule has 0 amide bonds. The quantitative estimate of drug-likeness (QED) is 0.542. The fraction of sp³-hybridized carbons (Fsp3) is 0.211. The summed E-state index contributed by atoms with van der Waals surface area (Å²) in [6, 6.07) is 8.27. The Morgan fingerprint density at radius 2 is 2.07 bits per heavy atom. The van der Waals surface area contributed by atoms with Crippen molar-refractivity contribution in [2.24, 2.45) is 12.8 Å². The number of H-pyrrole nitrogens is 1. The Labute approximate surface area is 154 Å². The number of benzene rings is 1. The van der Waals surface area contributed by atoms with Gasteiger partial charge in [0, 0.05) is 24.5 Å². The molecule has 3 aromatic heterocycles. The molecule has 0 aliphatic rings. The minimum absolute atomic E-state index is 0.144. The lowest BCUT2D eigenvalue weighted by atomic mass is 10.2. The average Bonchev–Trinajstić information content (AvgIpc) is 3.21. The number of fused-ring (bicyclic) bond motifs is 2. The van der Waals surface area contributed by atoms with Crippen LogP contribution in [0.15, 0.2) is 30.3 Å². The number of esters is 1. The van der Waals surface area contributed by atoms with Crippen molar-refractivity contribution in [2.75, 3.05) is 7.11 Å². The number of aromatic amines is 1. The fourth-order valence-corrected chi connectivity index (χ4v) is 3.11. The van der Waals surface area contributed by atoms with Crippen molar-refractivity contribution in [2.45, 2.75) is 13.0 Å². The number of imidazole rings is 1. The molecule has 0 bridgehead atoms. The largest absolute Gasteiger partial charge is 0.465 e. The number of aryl methyl sites for hydroxylation is 1. The molecule has 0 saturated heterocycles. The van der Waals surface area contributed by atoms with E-state index in [9.17, 15) is 9.18 Å². The molecule has 0 saturated carbocycles. The molecule has 8 heteroatoms. The Balaban J connectivity index is 1.87. The van der Waals surface area contributed by atoms with E-state index in [1.54, 1.807) is 11.6 Å². The molecule has 0 spiro atoms. The monoisotopic (exact) mass is 367 g/mol. The van der Waals surface area contributed by atoms with Gasteiger partial charge >= 0.3 is 5.97 Å². The van der Waals surface area contributed by atoms with E-state index in [-0.39, 0.29) is 11.6 Å². The van der Waals surface area contributed by atoms with Gasteiger partial charge in [-0.3, -0.25) is 0 Å². The zero-order chi connectivity index (χ0) is 19.3. The SMILES string of the molecule is COC(=O)c1cc2nc(-c3cc4ccc([C@@H](C)N)nc4[nH]3)n(C)c2cc1F.